The van der Waals surface area contributed by atoms with E-state index in [0.29, 0.717) is 18.9 Å². The lowest BCUT2D eigenvalue weighted by Gasteiger charge is -2.18. The average Bonchev–Trinajstić information content (AvgIpc) is 2.70. The van der Waals surface area contributed by atoms with Crippen molar-refractivity contribution >= 4 is 5.97 Å². The lowest BCUT2D eigenvalue weighted by molar-refractivity contribution is -0.144. The van der Waals surface area contributed by atoms with Gasteiger partial charge in [0.15, 0.2) is 0 Å². The number of carbonyl (C=O) groups excluding carboxylic acids is 1. The van der Waals surface area contributed by atoms with Gasteiger partial charge < -0.3 is 9.84 Å². The predicted octanol–water partition coefficient (Wildman–Crippen LogP) is 5.83. The number of phenols is 1. The standard InChI is InChI=1S/C14H21NO2.C10H14O.C2H6/c1-3-17-14(16)12-15(2)11-7-10-13-8-5-4-6-9-13;1-10(2,3)8-4-6-9(11)7-5-8;1-2/h4-6,8-9H,3,7,10-12H2,1-2H3;4-7,11H,1-3H3;1-2H3. The quantitative estimate of drug-likeness (QED) is 0.578. The molecule has 0 aliphatic heterocycles. The summed E-state index contributed by atoms with van der Waals surface area (Å²) in [6.07, 6.45) is 2.11. The largest absolute Gasteiger partial charge is 0.508 e. The van der Waals surface area contributed by atoms with Gasteiger partial charge in [0, 0.05) is 0 Å². The predicted molar refractivity (Wildman–Crippen MR) is 127 cm³/mol. The van der Waals surface area contributed by atoms with E-state index in [2.05, 4.69) is 45.0 Å². The number of ether oxygens (including phenoxy) is 1. The zero-order valence-electron chi connectivity index (χ0n) is 19.9. The molecule has 2 rings (SSSR count). The topological polar surface area (TPSA) is 49.8 Å². The first-order valence-electron chi connectivity index (χ1n) is 10.9. The second-order valence-electron chi connectivity index (χ2n) is 7.93. The van der Waals surface area contributed by atoms with E-state index < -0.39 is 0 Å². The van der Waals surface area contributed by atoms with Gasteiger partial charge in [0.2, 0.25) is 0 Å². The Morgan fingerprint density at radius 3 is 2.07 bits per heavy atom. The summed E-state index contributed by atoms with van der Waals surface area (Å²) in [5, 5.41) is 9.02. The van der Waals surface area contributed by atoms with Crippen molar-refractivity contribution < 1.29 is 14.6 Å². The number of rotatable bonds is 7. The Bertz CT molecular complexity index is 676. The van der Waals surface area contributed by atoms with Crippen molar-refractivity contribution in [1.29, 1.82) is 0 Å². The summed E-state index contributed by atoms with van der Waals surface area (Å²) in [7, 11) is 1.95. The number of hydrogen-bond acceptors (Lipinski definition) is 4. The summed E-state index contributed by atoms with van der Waals surface area (Å²) >= 11 is 0. The third-order valence-corrected chi connectivity index (χ3v) is 4.29. The molecule has 0 amide bonds. The van der Waals surface area contributed by atoms with Crippen LogP contribution in [-0.4, -0.2) is 42.7 Å². The van der Waals surface area contributed by atoms with E-state index in [4.69, 9.17) is 9.84 Å². The van der Waals surface area contributed by atoms with Crippen molar-refractivity contribution in [2.24, 2.45) is 0 Å². The van der Waals surface area contributed by atoms with Crippen LogP contribution in [0.3, 0.4) is 0 Å². The van der Waals surface area contributed by atoms with Crippen LogP contribution in [0.2, 0.25) is 0 Å². The van der Waals surface area contributed by atoms with E-state index in [0.717, 1.165) is 19.4 Å². The maximum atomic E-state index is 11.2. The van der Waals surface area contributed by atoms with Gasteiger partial charge in [0.1, 0.15) is 5.75 Å². The fourth-order valence-electron chi connectivity index (χ4n) is 2.67. The Hall–Kier alpha value is -2.33. The lowest BCUT2D eigenvalue weighted by Crippen LogP contribution is -2.28. The number of esters is 1. The van der Waals surface area contributed by atoms with Gasteiger partial charge in [-0.1, -0.05) is 77.1 Å². The van der Waals surface area contributed by atoms with Gasteiger partial charge in [0.25, 0.3) is 0 Å². The highest BCUT2D eigenvalue weighted by Gasteiger charge is 2.12. The van der Waals surface area contributed by atoms with Crippen molar-refractivity contribution in [2.45, 2.75) is 59.8 Å². The second kappa shape index (κ2) is 15.5. The Morgan fingerprint density at radius 1 is 1.00 bits per heavy atom. The molecule has 168 valence electrons. The third-order valence-electron chi connectivity index (χ3n) is 4.29. The average molecular weight is 416 g/mol. The van der Waals surface area contributed by atoms with Crippen molar-refractivity contribution in [1.82, 2.24) is 4.90 Å². The number of benzene rings is 2. The maximum absolute atomic E-state index is 11.2. The zero-order valence-corrected chi connectivity index (χ0v) is 19.9. The number of aryl methyl sites for hydroxylation is 1. The van der Waals surface area contributed by atoms with Gasteiger partial charge >= 0.3 is 5.97 Å². The third kappa shape index (κ3) is 13.0. The highest BCUT2D eigenvalue weighted by Crippen LogP contribution is 2.23. The molecular weight excluding hydrogens is 374 g/mol. The number of phenolic OH excluding ortho intramolecular Hbond substituents is 1. The van der Waals surface area contributed by atoms with Gasteiger partial charge in [-0.3, -0.25) is 9.69 Å². The number of likely N-dealkylation sites (N-methyl/N-ethyl adjacent to an activating group) is 1. The summed E-state index contributed by atoms with van der Waals surface area (Å²) in [5.74, 6) is 0.188. The molecule has 30 heavy (non-hydrogen) atoms. The molecule has 0 saturated heterocycles. The van der Waals surface area contributed by atoms with E-state index >= 15 is 0 Å². The molecule has 0 aromatic heterocycles. The van der Waals surface area contributed by atoms with E-state index in [1.807, 2.05) is 50.9 Å². The van der Waals surface area contributed by atoms with Crippen LogP contribution in [0.5, 0.6) is 5.75 Å². The minimum absolute atomic E-state index is 0.144. The first-order valence-corrected chi connectivity index (χ1v) is 10.9. The van der Waals surface area contributed by atoms with E-state index in [1.165, 1.54) is 11.1 Å². The first kappa shape index (κ1) is 27.7. The molecular formula is C26H41NO3. The number of carbonyl (C=O) groups is 1. The van der Waals surface area contributed by atoms with Gasteiger partial charge in [-0.05, 0) is 62.0 Å². The molecule has 0 unspecified atom stereocenters. The Morgan fingerprint density at radius 2 is 1.57 bits per heavy atom. The molecule has 4 heteroatoms. The van der Waals surface area contributed by atoms with Crippen LogP contribution in [0.1, 0.15) is 59.1 Å². The highest BCUT2D eigenvalue weighted by atomic mass is 16.5. The van der Waals surface area contributed by atoms with Crippen molar-refractivity contribution in [2.75, 3.05) is 26.7 Å². The fraction of sp³-hybridized carbons (Fsp3) is 0.500. The van der Waals surface area contributed by atoms with Crippen LogP contribution < -0.4 is 0 Å². The van der Waals surface area contributed by atoms with Crippen LogP contribution in [0.25, 0.3) is 0 Å². The number of hydrogen-bond donors (Lipinski definition) is 1. The molecule has 0 spiro atoms. The SMILES string of the molecule is CC.CC(C)(C)c1ccc(O)cc1.CCOC(=O)CN(C)CCCc1ccccc1. The molecule has 0 fully saturated rings. The van der Waals surface area contributed by atoms with Crippen LogP contribution >= 0.6 is 0 Å². The van der Waals surface area contributed by atoms with Crippen LogP contribution in [0.15, 0.2) is 54.6 Å². The van der Waals surface area contributed by atoms with Gasteiger partial charge in [0.05, 0.1) is 13.2 Å². The fourth-order valence-corrected chi connectivity index (χ4v) is 2.67. The summed E-state index contributed by atoms with van der Waals surface area (Å²) < 4.78 is 4.90. The summed E-state index contributed by atoms with van der Waals surface area (Å²) in [6.45, 7) is 14.0. The van der Waals surface area contributed by atoms with Crippen LogP contribution in [0, 0.1) is 0 Å². The summed E-state index contributed by atoms with van der Waals surface area (Å²) in [4.78, 5) is 13.2. The van der Waals surface area contributed by atoms with Gasteiger partial charge in [-0.2, -0.15) is 0 Å². The molecule has 0 atom stereocenters. The molecule has 0 aliphatic rings. The van der Waals surface area contributed by atoms with Crippen LogP contribution in [-0.2, 0) is 21.4 Å². The van der Waals surface area contributed by atoms with Crippen LogP contribution in [0.4, 0.5) is 0 Å². The van der Waals surface area contributed by atoms with E-state index in [1.54, 1.807) is 12.1 Å². The van der Waals surface area contributed by atoms with Crippen molar-refractivity contribution in [3.63, 3.8) is 0 Å². The molecule has 4 nitrogen and oxygen atoms in total. The molecule has 0 bridgehead atoms. The van der Waals surface area contributed by atoms with Gasteiger partial charge in [-0.25, -0.2) is 0 Å². The van der Waals surface area contributed by atoms with E-state index in [-0.39, 0.29) is 11.4 Å². The van der Waals surface area contributed by atoms with Crippen molar-refractivity contribution in [3.05, 3.63) is 65.7 Å². The van der Waals surface area contributed by atoms with Crippen molar-refractivity contribution in [3.8, 4) is 5.75 Å². The highest BCUT2D eigenvalue weighted by molar-refractivity contribution is 5.71. The lowest BCUT2D eigenvalue weighted by atomic mass is 9.87. The van der Waals surface area contributed by atoms with E-state index in [9.17, 15) is 4.79 Å². The minimum atomic E-state index is -0.144. The molecule has 0 saturated carbocycles. The molecule has 0 aliphatic carbocycles. The molecule has 2 aromatic rings. The first-order chi connectivity index (χ1) is 14.2. The molecule has 0 radical (unpaired) electrons. The maximum Gasteiger partial charge on any atom is 0.320 e. The summed E-state index contributed by atoms with van der Waals surface area (Å²) in [6, 6.07) is 17.7. The Balaban J connectivity index is 0.000000557. The molecule has 2 aromatic carbocycles. The molecule has 0 heterocycles. The number of aromatic hydroxyl groups is 1. The second-order valence-corrected chi connectivity index (χ2v) is 7.93. The molecule has 1 N–H and O–H groups in total. The normalized spacial score (nSPS) is 10.4. The number of nitrogens with zero attached hydrogens (tertiary/aromatic N) is 1. The Labute approximate surface area is 183 Å². The Kier molecular flexibility index (Phi) is 14.3. The minimum Gasteiger partial charge on any atom is -0.508 e. The van der Waals surface area contributed by atoms with Gasteiger partial charge in [-0.15, -0.1) is 0 Å². The smallest absolute Gasteiger partial charge is 0.320 e. The summed E-state index contributed by atoms with van der Waals surface area (Å²) in [5.41, 5.74) is 2.76. The monoisotopic (exact) mass is 415 g/mol. The zero-order chi connectivity index (χ0) is 23.0.